The van der Waals surface area contributed by atoms with Gasteiger partial charge < -0.3 is 9.73 Å². The quantitative estimate of drug-likeness (QED) is 0.119. The van der Waals surface area contributed by atoms with Crippen LogP contribution in [0.15, 0.2) is 104 Å². The first-order valence-electron chi connectivity index (χ1n) is 14.7. The minimum absolute atomic E-state index is 0.0575. The maximum Gasteiger partial charge on any atom is 0.296 e. The van der Waals surface area contributed by atoms with Crippen molar-refractivity contribution < 1.29 is 30.4 Å². The van der Waals surface area contributed by atoms with E-state index in [1.807, 2.05) is 71.0 Å². The lowest BCUT2D eigenvalue weighted by atomic mass is 9.92. The summed E-state index contributed by atoms with van der Waals surface area (Å²) in [6.07, 6.45) is 0. The standard InChI is InChI=1S/C36H32N2O7S2/c1-20-10-8-11-21(2)35(20)37-28-18-30-26(16-24(28)5)34(25-14-6-7-15-32(25)46(39,40)41)27-17-33(47(42,43)44)29(19-31(27)45-30)38-36-22(3)12-9-13-23(36)4/h6-19,38H,1-5H3,(H,39,40,41)(H,42,43,44). The summed E-state index contributed by atoms with van der Waals surface area (Å²) < 4.78 is 78.0. The predicted molar refractivity (Wildman–Crippen MR) is 183 cm³/mol. The van der Waals surface area contributed by atoms with Crippen LogP contribution in [0.2, 0.25) is 0 Å². The number of para-hydroxylation sites is 2. The Labute approximate surface area is 273 Å². The number of fused-ring (bicyclic) bond motifs is 2. The second-order valence-corrected chi connectivity index (χ2v) is 14.4. The lowest BCUT2D eigenvalue weighted by Crippen LogP contribution is -2.10. The lowest BCUT2D eigenvalue weighted by Gasteiger charge is -2.20. The fraction of sp³-hybridized carbons (Fsp3) is 0.139. The average molecular weight is 669 g/mol. The van der Waals surface area contributed by atoms with Gasteiger partial charge in [0.05, 0.1) is 16.7 Å². The summed E-state index contributed by atoms with van der Waals surface area (Å²) in [5.74, 6) is 0.339. The van der Waals surface area contributed by atoms with E-state index in [1.165, 1.54) is 30.3 Å². The summed E-state index contributed by atoms with van der Waals surface area (Å²) in [4.78, 5) is 4.14. The maximum absolute atomic E-state index is 12.9. The van der Waals surface area contributed by atoms with Crippen LogP contribution in [0.4, 0.5) is 17.1 Å². The normalized spacial score (nSPS) is 12.6. The van der Waals surface area contributed by atoms with Crippen LogP contribution in [0.1, 0.15) is 27.8 Å². The van der Waals surface area contributed by atoms with Gasteiger partial charge in [-0.25, -0.2) is 4.99 Å². The molecule has 2 aliphatic rings. The number of nitrogens with one attached hydrogen (secondary N) is 1. The van der Waals surface area contributed by atoms with Crippen molar-refractivity contribution in [3.63, 3.8) is 0 Å². The molecule has 0 unspecified atom stereocenters. The second kappa shape index (κ2) is 11.8. The Morgan fingerprint density at radius 1 is 0.638 bits per heavy atom. The number of anilines is 2. The Hall–Kier alpha value is -4.81. The summed E-state index contributed by atoms with van der Waals surface area (Å²) in [6.45, 7) is 9.55. The molecule has 3 N–H and O–H groups in total. The Kier molecular flexibility index (Phi) is 8.05. The van der Waals surface area contributed by atoms with Crippen LogP contribution < -0.4 is 10.7 Å². The molecule has 4 aromatic rings. The molecule has 9 nitrogen and oxygen atoms in total. The van der Waals surface area contributed by atoms with Crippen molar-refractivity contribution in [2.24, 2.45) is 4.99 Å². The summed E-state index contributed by atoms with van der Waals surface area (Å²) in [5.41, 5.74) is 6.98. The van der Waals surface area contributed by atoms with Gasteiger partial charge in [0.25, 0.3) is 20.2 Å². The second-order valence-electron chi connectivity index (χ2n) is 11.6. The van der Waals surface area contributed by atoms with Crippen molar-refractivity contribution in [2.75, 3.05) is 5.32 Å². The van der Waals surface area contributed by atoms with E-state index >= 15 is 0 Å². The van der Waals surface area contributed by atoms with Crippen molar-refractivity contribution in [3.8, 4) is 22.5 Å². The fourth-order valence-corrected chi connectivity index (χ4v) is 7.28. The molecule has 47 heavy (non-hydrogen) atoms. The van der Waals surface area contributed by atoms with E-state index < -0.39 is 25.1 Å². The van der Waals surface area contributed by atoms with Crippen LogP contribution in [-0.2, 0) is 20.2 Å². The number of rotatable bonds is 6. The minimum Gasteiger partial charge on any atom is -0.456 e. The Bertz CT molecular complexity index is 2460. The average Bonchev–Trinajstić information content (AvgIpc) is 2.99. The zero-order chi connectivity index (χ0) is 33.8. The largest absolute Gasteiger partial charge is 0.456 e. The highest BCUT2D eigenvalue weighted by Gasteiger charge is 2.27. The topological polar surface area (TPSA) is 146 Å². The lowest BCUT2D eigenvalue weighted by molar-refractivity contribution is 0.481. The van der Waals surface area contributed by atoms with E-state index in [1.54, 1.807) is 18.2 Å². The van der Waals surface area contributed by atoms with Crippen LogP contribution in [0.25, 0.3) is 33.4 Å². The van der Waals surface area contributed by atoms with E-state index in [2.05, 4.69) is 5.32 Å². The number of hydrogen-bond donors (Lipinski definition) is 3. The SMILES string of the molecule is Cc1cccc(C)c1N=c1cc2oc3cc(Nc4c(C)cccc4C)c(S(=O)(=O)O)cc3c(-c3ccccc3S(=O)(=O)O)c-2cc1C. The molecule has 4 aromatic carbocycles. The first kappa shape index (κ1) is 32.1. The highest BCUT2D eigenvalue weighted by molar-refractivity contribution is 7.86. The van der Waals surface area contributed by atoms with Gasteiger partial charge in [0.1, 0.15) is 21.1 Å². The highest BCUT2D eigenvalue weighted by Crippen LogP contribution is 2.45. The van der Waals surface area contributed by atoms with Gasteiger partial charge in [-0.3, -0.25) is 9.11 Å². The van der Waals surface area contributed by atoms with Crippen molar-refractivity contribution in [1.82, 2.24) is 0 Å². The van der Waals surface area contributed by atoms with E-state index in [4.69, 9.17) is 9.41 Å². The van der Waals surface area contributed by atoms with E-state index in [0.29, 0.717) is 27.9 Å². The molecule has 0 bridgehead atoms. The summed E-state index contributed by atoms with van der Waals surface area (Å²) in [6, 6.07) is 23.7. The van der Waals surface area contributed by atoms with Gasteiger partial charge in [-0.2, -0.15) is 16.8 Å². The van der Waals surface area contributed by atoms with Gasteiger partial charge in [0.2, 0.25) is 0 Å². The predicted octanol–water partition coefficient (Wildman–Crippen LogP) is 8.22. The summed E-state index contributed by atoms with van der Waals surface area (Å²) in [5, 5.41) is 3.98. The molecule has 0 spiro atoms. The highest BCUT2D eigenvalue weighted by atomic mass is 32.2. The fourth-order valence-electron chi connectivity index (χ4n) is 5.93. The van der Waals surface area contributed by atoms with E-state index in [-0.39, 0.29) is 27.1 Å². The molecular formula is C36H32N2O7S2. The molecule has 11 heteroatoms. The maximum atomic E-state index is 12.9. The first-order valence-corrected chi connectivity index (χ1v) is 17.6. The van der Waals surface area contributed by atoms with Gasteiger partial charge in [0, 0.05) is 39.9 Å². The Morgan fingerprint density at radius 3 is 1.85 bits per heavy atom. The minimum atomic E-state index is -4.81. The molecule has 0 radical (unpaired) electrons. The molecule has 0 aromatic heterocycles. The molecular weight excluding hydrogens is 637 g/mol. The van der Waals surface area contributed by atoms with Gasteiger partial charge in [-0.05, 0) is 80.6 Å². The third kappa shape index (κ3) is 6.06. The van der Waals surface area contributed by atoms with Crippen molar-refractivity contribution in [3.05, 3.63) is 118 Å². The molecule has 240 valence electrons. The van der Waals surface area contributed by atoms with Crippen molar-refractivity contribution in [2.45, 2.75) is 44.4 Å². The number of aryl methyl sites for hydroxylation is 5. The third-order valence-electron chi connectivity index (χ3n) is 8.26. The molecule has 6 rings (SSSR count). The zero-order valence-electron chi connectivity index (χ0n) is 26.3. The zero-order valence-corrected chi connectivity index (χ0v) is 27.9. The smallest absolute Gasteiger partial charge is 0.296 e. The summed E-state index contributed by atoms with van der Waals surface area (Å²) in [7, 11) is -9.52. The first-order chi connectivity index (χ1) is 22.1. The van der Waals surface area contributed by atoms with Crippen LogP contribution in [0.3, 0.4) is 0 Å². The Balaban J connectivity index is 1.77. The molecule has 0 amide bonds. The monoisotopic (exact) mass is 668 g/mol. The molecule has 0 atom stereocenters. The van der Waals surface area contributed by atoms with Gasteiger partial charge in [0.15, 0.2) is 0 Å². The van der Waals surface area contributed by atoms with Crippen LogP contribution in [0, 0.1) is 34.6 Å². The molecule has 1 aliphatic heterocycles. The number of nitrogens with zero attached hydrogens (tertiary/aromatic N) is 1. The Morgan fingerprint density at radius 2 is 1.23 bits per heavy atom. The van der Waals surface area contributed by atoms with Crippen molar-refractivity contribution in [1.29, 1.82) is 0 Å². The van der Waals surface area contributed by atoms with E-state index in [0.717, 1.165) is 33.5 Å². The van der Waals surface area contributed by atoms with Crippen molar-refractivity contribution >= 4 is 48.3 Å². The van der Waals surface area contributed by atoms with Crippen LogP contribution in [0.5, 0.6) is 0 Å². The molecule has 0 fully saturated rings. The van der Waals surface area contributed by atoms with Crippen LogP contribution in [-0.4, -0.2) is 25.9 Å². The van der Waals surface area contributed by atoms with Crippen LogP contribution >= 0.6 is 0 Å². The van der Waals surface area contributed by atoms with E-state index in [9.17, 15) is 25.9 Å². The number of hydrogen-bond acceptors (Lipinski definition) is 7. The molecule has 1 heterocycles. The molecule has 0 saturated carbocycles. The molecule has 1 aliphatic carbocycles. The van der Waals surface area contributed by atoms with Gasteiger partial charge in [-0.15, -0.1) is 0 Å². The third-order valence-corrected chi connectivity index (χ3v) is 10.1. The molecule has 0 saturated heterocycles. The van der Waals surface area contributed by atoms with Gasteiger partial charge >= 0.3 is 0 Å². The van der Waals surface area contributed by atoms with Gasteiger partial charge in [-0.1, -0.05) is 54.6 Å². The summed E-state index contributed by atoms with van der Waals surface area (Å²) >= 11 is 0. The number of benzene rings is 5.